The largest absolute Gasteiger partial charge is 0.444 e. The summed E-state index contributed by atoms with van der Waals surface area (Å²) < 4.78 is 5.55. The fourth-order valence-electron chi connectivity index (χ4n) is 2.04. The molecule has 1 aliphatic heterocycles. The number of piperidine rings is 1. The van der Waals surface area contributed by atoms with Crippen LogP contribution in [0.25, 0.3) is 0 Å². The minimum Gasteiger partial charge on any atom is -0.444 e. The number of rotatable bonds is 3. The normalized spacial score (nSPS) is 22.9. The molecule has 0 amide bonds. The van der Waals surface area contributed by atoms with Crippen LogP contribution in [-0.4, -0.2) is 29.8 Å². The first-order valence-electron chi connectivity index (χ1n) is 5.39. The molecule has 0 radical (unpaired) electrons. The van der Waals surface area contributed by atoms with Crippen molar-refractivity contribution >= 4 is 6.29 Å². The summed E-state index contributed by atoms with van der Waals surface area (Å²) in [7, 11) is 2.09. The van der Waals surface area contributed by atoms with Crippen LogP contribution in [0.15, 0.2) is 10.6 Å². The molecule has 0 aliphatic carbocycles. The van der Waals surface area contributed by atoms with E-state index in [1.807, 2.05) is 0 Å². The summed E-state index contributed by atoms with van der Waals surface area (Å²) in [4.78, 5) is 16.8. The fourth-order valence-corrected chi connectivity index (χ4v) is 2.04. The van der Waals surface area contributed by atoms with Crippen LogP contribution in [0, 0.1) is 0 Å². The lowest BCUT2D eigenvalue weighted by molar-refractivity contribution is -0.107. The molecule has 82 valence electrons. The van der Waals surface area contributed by atoms with E-state index in [1.165, 1.54) is 12.8 Å². The van der Waals surface area contributed by atoms with Crippen molar-refractivity contribution in [2.24, 2.45) is 0 Å². The summed E-state index contributed by atoms with van der Waals surface area (Å²) in [5.41, 5.74) is 0. The van der Waals surface area contributed by atoms with Gasteiger partial charge < -0.3 is 9.21 Å². The van der Waals surface area contributed by atoms with E-state index in [1.54, 1.807) is 6.20 Å². The van der Waals surface area contributed by atoms with Crippen LogP contribution < -0.4 is 0 Å². The van der Waals surface area contributed by atoms with Crippen LogP contribution in [-0.2, 0) is 11.2 Å². The number of aromatic nitrogens is 1. The monoisotopic (exact) mass is 208 g/mol. The van der Waals surface area contributed by atoms with Crippen molar-refractivity contribution in [1.29, 1.82) is 0 Å². The molecule has 15 heavy (non-hydrogen) atoms. The molecule has 1 atom stereocenters. The summed E-state index contributed by atoms with van der Waals surface area (Å²) >= 11 is 0. The van der Waals surface area contributed by atoms with Crippen molar-refractivity contribution in [2.45, 2.75) is 31.7 Å². The second kappa shape index (κ2) is 4.57. The van der Waals surface area contributed by atoms with E-state index in [0.717, 1.165) is 25.1 Å². The lowest BCUT2D eigenvalue weighted by Gasteiger charge is -2.29. The van der Waals surface area contributed by atoms with E-state index < -0.39 is 0 Å². The number of carbonyl (C=O) groups is 1. The average molecular weight is 208 g/mol. The minimum absolute atomic E-state index is 0.291. The second-order valence-electron chi connectivity index (χ2n) is 4.03. The van der Waals surface area contributed by atoms with Crippen molar-refractivity contribution in [3.05, 3.63) is 17.8 Å². The molecule has 1 fully saturated rings. The Labute approximate surface area is 89.3 Å². The van der Waals surface area contributed by atoms with Gasteiger partial charge in [-0.1, -0.05) is 6.42 Å². The van der Waals surface area contributed by atoms with Gasteiger partial charge in [-0.25, -0.2) is 4.98 Å². The molecule has 0 spiro atoms. The number of hydrogen-bond donors (Lipinski definition) is 0. The lowest BCUT2D eigenvalue weighted by Crippen LogP contribution is -2.29. The maximum Gasteiger partial charge on any atom is 0.211 e. The summed E-state index contributed by atoms with van der Waals surface area (Å²) in [6.07, 6.45) is 6.39. The van der Waals surface area contributed by atoms with Crippen molar-refractivity contribution in [3.8, 4) is 0 Å². The third-order valence-corrected chi connectivity index (χ3v) is 2.91. The fraction of sp³-hybridized carbons (Fsp3) is 0.636. The van der Waals surface area contributed by atoms with Gasteiger partial charge in [-0.3, -0.25) is 4.90 Å². The van der Waals surface area contributed by atoms with Crippen LogP contribution >= 0.6 is 0 Å². The maximum atomic E-state index is 10.3. The lowest BCUT2D eigenvalue weighted by atomic mass is 10.0. The van der Waals surface area contributed by atoms with Gasteiger partial charge in [0.2, 0.25) is 5.89 Å². The van der Waals surface area contributed by atoms with Crippen LogP contribution in [0.5, 0.6) is 0 Å². The highest BCUT2D eigenvalue weighted by Crippen LogP contribution is 2.28. The van der Waals surface area contributed by atoms with Gasteiger partial charge in [0.05, 0.1) is 18.7 Å². The number of nitrogens with zero attached hydrogens (tertiary/aromatic N) is 2. The second-order valence-corrected chi connectivity index (χ2v) is 4.03. The zero-order valence-corrected chi connectivity index (χ0v) is 8.98. The van der Waals surface area contributed by atoms with Gasteiger partial charge in [0, 0.05) is 0 Å². The Morgan fingerprint density at radius 3 is 3.27 bits per heavy atom. The first-order chi connectivity index (χ1) is 7.31. The van der Waals surface area contributed by atoms with Gasteiger partial charge in [0.15, 0.2) is 0 Å². The molecule has 1 aromatic heterocycles. The molecule has 1 saturated heterocycles. The summed E-state index contributed by atoms with van der Waals surface area (Å²) in [5.74, 6) is 1.42. The molecule has 1 aromatic rings. The third kappa shape index (κ3) is 2.26. The van der Waals surface area contributed by atoms with Crippen molar-refractivity contribution in [3.63, 3.8) is 0 Å². The topological polar surface area (TPSA) is 46.3 Å². The minimum atomic E-state index is 0.291. The van der Waals surface area contributed by atoms with Gasteiger partial charge in [-0.2, -0.15) is 0 Å². The molecule has 1 aliphatic rings. The summed E-state index contributed by atoms with van der Waals surface area (Å²) in [6.45, 7) is 1.09. The smallest absolute Gasteiger partial charge is 0.211 e. The molecular formula is C11H16N2O2. The Balaban J connectivity index is 2.09. The van der Waals surface area contributed by atoms with Crippen molar-refractivity contribution in [1.82, 2.24) is 9.88 Å². The van der Waals surface area contributed by atoms with Gasteiger partial charge in [-0.05, 0) is 26.4 Å². The molecule has 4 nitrogen and oxygen atoms in total. The van der Waals surface area contributed by atoms with Crippen molar-refractivity contribution < 1.29 is 9.21 Å². The molecule has 0 N–H and O–H groups in total. The predicted octanol–water partition coefficient (Wildman–Crippen LogP) is 1.57. The van der Waals surface area contributed by atoms with Crippen LogP contribution in [0.1, 0.15) is 37.0 Å². The molecular weight excluding hydrogens is 192 g/mol. The van der Waals surface area contributed by atoms with Crippen LogP contribution in [0.2, 0.25) is 0 Å². The molecule has 0 saturated carbocycles. The van der Waals surface area contributed by atoms with E-state index in [4.69, 9.17) is 4.42 Å². The SMILES string of the molecule is CN1CCCCC1c1ncc(CC=O)o1. The number of aldehydes is 1. The van der Waals surface area contributed by atoms with Gasteiger partial charge in [0.25, 0.3) is 0 Å². The number of hydrogen-bond acceptors (Lipinski definition) is 4. The first-order valence-corrected chi connectivity index (χ1v) is 5.39. The Kier molecular flexibility index (Phi) is 3.16. The Hall–Kier alpha value is -1.16. The van der Waals surface area contributed by atoms with Gasteiger partial charge in [0.1, 0.15) is 12.0 Å². The third-order valence-electron chi connectivity index (χ3n) is 2.91. The van der Waals surface area contributed by atoms with Crippen LogP contribution in [0.4, 0.5) is 0 Å². The molecule has 1 unspecified atom stereocenters. The number of oxazole rings is 1. The molecule has 0 aromatic carbocycles. The first kappa shape index (κ1) is 10.4. The summed E-state index contributed by atoms with van der Waals surface area (Å²) in [5, 5.41) is 0. The average Bonchev–Trinajstić information content (AvgIpc) is 2.68. The molecule has 2 rings (SSSR count). The van der Waals surface area contributed by atoms with E-state index in [2.05, 4.69) is 16.9 Å². The quantitative estimate of drug-likeness (QED) is 0.707. The van der Waals surface area contributed by atoms with Crippen LogP contribution in [0.3, 0.4) is 0 Å². The number of likely N-dealkylation sites (tertiary alicyclic amines) is 1. The Bertz CT molecular complexity index is 335. The molecule has 0 bridgehead atoms. The standard InChI is InChI=1S/C11H16N2O2/c1-13-6-3-2-4-10(13)11-12-8-9(15-11)5-7-14/h7-8,10H,2-6H2,1H3. The van der Waals surface area contributed by atoms with E-state index in [-0.39, 0.29) is 0 Å². The van der Waals surface area contributed by atoms with E-state index in [0.29, 0.717) is 18.2 Å². The van der Waals surface area contributed by atoms with Gasteiger partial charge in [-0.15, -0.1) is 0 Å². The van der Waals surface area contributed by atoms with E-state index in [9.17, 15) is 4.79 Å². The number of carbonyl (C=O) groups excluding carboxylic acids is 1. The highest BCUT2D eigenvalue weighted by Gasteiger charge is 2.24. The highest BCUT2D eigenvalue weighted by molar-refractivity contribution is 5.52. The van der Waals surface area contributed by atoms with Gasteiger partial charge >= 0.3 is 0 Å². The Morgan fingerprint density at radius 1 is 1.67 bits per heavy atom. The zero-order valence-electron chi connectivity index (χ0n) is 8.98. The summed E-state index contributed by atoms with van der Waals surface area (Å²) in [6, 6.07) is 0.291. The Morgan fingerprint density at radius 2 is 2.53 bits per heavy atom. The van der Waals surface area contributed by atoms with Crippen molar-refractivity contribution in [2.75, 3.05) is 13.6 Å². The predicted molar refractivity (Wildman–Crippen MR) is 55.5 cm³/mol. The zero-order chi connectivity index (χ0) is 10.7. The maximum absolute atomic E-state index is 10.3. The molecule has 4 heteroatoms. The molecule has 2 heterocycles. The highest BCUT2D eigenvalue weighted by atomic mass is 16.4. The van der Waals surface area contributed by atoms with E-state index >= 15 is 0 Å².